The van der Waals surface area contributed by atoms with E-state index in [4.69, 9.17) is 19.4 Å². The molecule has 0 unspecified atom stereocenters. The van der Waals surface area contributed by atoms with Gasteiger partial charge in [0.1, 0.15) is 11.2 Å². The summed E-state index contributed by atoms with van der Waals surface area (Å²) < 4.78 is 6.09. The number of aryl methyl sites for hydroxylation is 1. The minimum atomic E-state index is 0.623. The summed E-state index contributed by atoms with van der Waals surface area (Å²) in [5.41, 5.74) is 5.67. The van der Waals surface area contributed by atoms with Crippen LogP contribution < -0.4 is 0 Å². The Morgan fingerprint density at radius 2 is 1.12 bits per heavy atom. The van der Waals surface area contributed by atoms with Crippen LogP contribution in [0.15, 0.2) is 101 Å². The van der Waals surface area contributed by atoms with Crippen LogP contribution in [0.1, 0.15) is 5.56 Å². The molecule has 0 bridgehead atoms. The maximum Gasteiger partial charge on any atom is 0.164 e. The number of nitrogens with zero attached hydrogens (tertiary/aromatic N) is 3. The molecule has 0 radical (unpaired) electrons. The lowest BCUT2D eigenvalue weighted by molar-refractivity contribution is 0.669. The quantitative estimate of drug-likeness (QED) is 0.311. The largest absolute Gasteiger partial charge is 0.456 e. The molecule has 0 aliphatic rings. The van der Waals surface area contributed by atoms with Crippen molar-refractivity contribution in [1.82, 2.24) is 15.0 Å². The van der Waals surface area contributed by atoms with E-state index in [9.17, 15) is 0 Å². The van der Waals surface area contributed by atoms with Gasteiger partial charge in [0.15, 0.2) is 17.5 Å². The summed E-state index contributed by atoms with van der Waals surface area (Å²) in [5.74, 6) is 1.93. The van der Waals surface area contributed by atoms with E-state index in [2.05, 4.69) is 37.3 Å². The highest BCUT2D eigenvalue weighted by atomic mass is 16.3. The Hall–Kier alpha value is -4.31. The first-order valence-electron chi connectivity index (χ1n) is 10.5. The molecule has 0 fully saturated rings. The molecule has 0 N–H and O–H groups in total. The van der Waals surface area contributed by atoms with Crippen molar-refractivity contribution in [3.05, 3.63) is 103 Å². The zero-order valence-electron chi connectivity index (χ0n) is 17.5. The van der Waals surface area contributed by atoms with E-state index in [0.717, 1.165) is 44.2 Å². The Bertz CT molecular complexity index is 1590. The van der Waals surface area contributed by atoms with Crippen LogP contribution in [0.5, 0.6) is 0 Å². The summed E-state index contributed by atoms with van der Waals surface area (Å²) in [5, 5.41) is 2.19. The Kier molecular flexibility index (Phi) is 4.29. The van der Waals surface area contributed by atoms with Gasteiger partial charge in [0.2, 0.25) is 0 Å². The van der Waals surface area contributed by atoms with Crippen molar-refractivity contribution in [1.29, 1.82) is 0 Å². The van der Waals surface area contributed by atoms with Gasteiger partial charge in [0, 0.05) is 27.5 Å². The SMILES string of the molecule is Cc1cccc(-c2nc(-c3ccccc3)nc(-c3ccc4c(c3)oc3ccccc34)n2)c1. The number of furan rings is 1. The van der Waals surface area contributed by atoms with Gasteiger partial charge in [-0.2, -0.15) is 0 Å². The van der Waals surface area contributed by atoms with Crippen LogP contribution in [0.4, 0.5) is 0 Å². The van der Waals surface area contributed by atoms with Gasteiger partial charge in [0.25, 0.3) is 0 Å². The van der Waals surface area contributed by atoms with E-state index in [-0.39, 0.29) is 0 Å². The molecule has 32 heavy (non-hydrogen) atoms. The predicted molar refractivity (Wildman–Crippen MR) is 128 cm³/mol. The minimum Gasteiger partial charge on any atom is -0.456 e. The number of para-hydroxylation sites is 1. The van der Waals surface area contributed by atoms with Crippen molar-refractivity contribution >= 4 is 21.9 Å². The third-order valence-corrected chi connectivity index (χ3v) is 5.58. The van der Waals surface area contributed by atoms with Crippen LogP contribution in [0.3, 0.4) is 0 Å². The lowest BCUT2D eigenvalue weighted by Gasteiger charge is -2.08. The van der Waals surface area contributed by atoms with Gasteiger partial charge in [0.05, 0.1) is 0 Å². The van der Waals surface area contributed by atoms with Crippen LogP contribution in [0.2, 0.25) is 0 Å². The highest BCUT2D eigenvalue weighted by molar-refractivity contribution is 6.05. The molecule has 6 rings (SSSR count). The third-order valence-electron chi connectivity index (χ3n) is 5.58. The van der Waals surface area contributed by atoms with E-state index in [1.165, 1.54) is 0 Å². The third kappa shape index (κ3) is 3.22. The summed E-state index contributed by atoms with van der Waals surface area (Å²) in [4.78, 5) is 14.4. The molecule has 0 saturated carbocycles. The van der Waals surface area contributed by atoms with Gasteiger partial charge in [-0.25, -0.2) is 15.0 Å². The Morgan fingerprint density at radius 3 is 1.91 bits per heavy atom. The molecule has 4 nitrogen and oxygen atoms in total. The Morgan fingerprint density at radius 1 is 0.500 bits per heavy atom. The highest BCUT2D eigenvalue weighted by Gasteiger charge is 2.14. The molecule has 2 aromatic heterocycles. The zero-order chi connectivity index (χ0) is 21.5. The monoisotopic (exact) mass is 413 g/mol. The molecule has 0 saturated heterocycles. The molecule has 152 valence electrons. The van der Waals surface area contributed by atoms with Crippen LogP contribution >= 0.6 is 0 Å². The fourth-order valence-electron chi connectivity index (χ4n) is 4.00. The number of aromatic nitrogens is 3. The predicted octanol–water partition coefficient (Wildman–Crippen LogP) is 7.08. The van der Waals surface area contributed by atoms with E-state index >= 15 is 0 Å². The number of hydrogen-bond acceptors (Lipinski definition) is 4. The first-order valence-corrected chi connectivity index (χ1v) is 10.5. The normalized spacial score (nSPS) is 11.3. The highest BCUT2D eigenvalue weighted by Crippen LogP contribution is 2.32. The summed E-state index contributed by atoms with van der Waals surface area (Å²) in [6.45, 7) is 2.07. The molecular formula is C28H19N3O. The molecular weight excluding hydrogens is 394 g/mol. The second-order valence-corrected chi connectivity index (χ2v) is 7.85. The Labute approximate surface area is 185 Å². The molecule has 0 atom stereocenters. The van der Waals surface area contributed by atoms with Crippen molar-refractivity contribution in [2.75, 3.05) is 0 Å². The van der Waals surface area contributed by atoms with E-state index < -0.39 is 0 Å². The van der Waals surface area contributed by atoms with E-state index in [0.29, 0.717) is 17.5 Å². The van der Waals surface area contributed by atoms with Crippen LogP contribution in [-0.4, -0.2) is 15.0 Å². The van der Waals surface area contributed by atoms with Crippen LogP contribution in [0, 0.1) is 6.92 Å². The smallest absolute Gasteiger partial charge is 0.164 e. The minimum absolute atomic E-state index is 0.623. The second kappa shape index (κ2) is 7.43. The average Bonchev–Trinajstić information content (AvgIpc) is 3.22. The second-order valence-electron chi connectivity index (χ2n) is 7.85. The molecule has 0 aliphatic carbocycles. The molecule has 2 heterocycles. The van der Waals surface area contributed by atoms with Crippen molar-refractivity contribution in [2.24, 2.45) is 0 Å². The molecule has 4 aromatic carbocycles. The number of rotatable bonds is 3. The van der Waals surface area contributed by atoms with Gasteiger partial charge in [-0.3, -0.25) is 0 Å². The fraction of sp³-hybridized carbons (Fsp3) is 0.0357. The van der Waals surface area contributed by atoms with Gasteiger partial charge in [-0.05, 0) is 31.2 Å². The average molecular weight is 413 g/mol. The van der Waals surface area contributed by atoms with Crippen molar-refractivity contribution in [3.63, 3.8) is 0 Å². The number of benzene rings is 4. The lowest BCUT2D eigenvalue weighted by Crippen LogP contribution is -2.00. The van der Waals surface area contributed by atoms with Gasteiger partial charge in [-0.1, -0.05) is 78.4 Å². The summed E-state index contributed by atoms with van der Waals surface area (Å²) in [7, 11) is 0. The standard InChI is InChI=1S/C28H19N3O/c1-18-8-7-11-20(16-18)27-29-26(19-9-3-2-4-10-19)30-28(31-27)21-14-15-23-22-12-5-6-13-24(22)32-25(23)17-21/h2-17H,1H3. The summed E-state index contributed by atoms with van der Waals surface area (Å²) in [6.07, 6.45) is 0. The first-order chi connectivity index (χ1) is 15.7. The Balaban J connectivity index is 1.56. The first kappa shape index (κ1) is 18.5. The van der Waals surface area contributed by atoms with E-state index in [1.807, 2.05) is 66.7 Å². The number of hydrogen-bond donors (Lipinski definition) is 0. The van der Waals surface area contributed by atoms with Crippen LogP contribution in [-0.2, 0) is 0 Å². The lowest BCUT2D eigenvalue weighted by atomic mass is 10.1. The maximum absolute atomic E-state index is 6.09. The summed E-state index contributed by atoms with van der Waals surface area (Å²) in [6, 6.07) is 32.4. The zero-order valence-corrected chi connectivity index (χ0v) is 17.5. The van der Waals surface area contributed by atoms with E-state index in [1.54, 1.807) is 0 Å². The molecule has 4 heteroatoms. The molecule has 0 spiro atoms. The number of fused-ring (bicyclic) bond motifs is 3. The molecule has 6 aromatic rings. The van der Waals surface area contributed by atoms with Crippen molar-refractivity contribution in [3.8, 4) is 34.2 Å². The van der Waals surface area contributed by atoms with Gasteiger partial charge >= 0.3 is 0 Å². The topological polar surface area (TPSA) is 51.8 Å². The van der Waals surface area contributed by atoms with Gasteiger partial charge < -0.3 is 4.42 Å². The van der Waals surface area contributed by atoms with Crippen molar-refractivity contribution in [2.45, 2.75) is 6.92 Å². The summed E-state index contributed by atoms with van der Waals surface area (Å²) >= 11 is 0. The van der Waals surface area contributed by atoms with Crippen LogP contribution in [0.25, 0.3) is 56.1 Å². The van der Waals surface area contributed by atoms with Gasteiger partial charge in [-0.15, -0.1) is 0 Å². The fourth-order valence-corrected chi connectivity index (χ4v) is 4.00. The molecule has 0 aliphatic heterocycles. The molecule has 0 amide bonds. The maximum atomic E-state index is 6.09. The van der Waals surface area contributed by atoms with Crippen molar-refractivity contribution < 1.29 is 4.42 Å².